The molecule has 0 bridgehead atoms. The Kier molecular flexibility index (Phi) is 4.49. The molecule has 1 aliphatic rings. The Morgan fingerprint density at radius 1 is 1.25 bits per heavy atom. The Morgan fingerprint density at radius 2 is 1.90 bits per heavy atom. The summed E-state index contributed by atoms with van der Waals surface area (Å²) in [7, 11) is 0. The van der Waals surface area contributed by atoms with Crippen molar-refractivity contribution < 1.29 is 19.5 Å². The molecular formula is C15H13BrO4. The fourth-order valence-electron chi connectivity index (χ4n) is 2.28. The van der Waals surface area contributed by atoms with E-state index in [0.29, 0.717) is 24.8 Å². The van der Waals surface area contributed by atoms with Crippen LogP contribution in [0, 0.1) is 5.92 Å². The molecule has 1 atom stereocenters. The molecule has 1 aromatic rings. The van der Waals surface area contributed by atoms with Crippen LogP contribution in [0.4, 0.5) is 0 Å². The van der Waals surface area contributed by atoms with Gasteiger partial charge in [0.05, 0.1) is 5.92 Å². The molecule has 0 amide bonds. The summed E-state index contributed by atoms with van der Waals surface area (Å²) < 4.78 is 0.938. The maximum absolute atomic E-state index is 12.2. The average Bonchev–Trinajstić information content (AvgIpc) is 2.42. The molecule has 0 saturated heterocycles. The minimum absolute atomic E-state index is 0.321. The normalized spacial score (nSPS) is 20.9. The van der Waals surface area contributed by atoms with Crippen molar-refractivity contribution >= 4 is 39.5 Å². The highest BCUT2D eigenvalue weighted by Gasteiger charge is 2.35. The third-order valence-electron chi connectivity index (χ3n) is 3.31. The van der Waals surface area contributed by atoms with Gasteiger partial charge in [-0.25, -0.2) is 4.79 Å². The molecule has 1 aliphatic carbocycles. The van der Waals surface area contributed by atoms with Gasteiger partial charge in [-0.15, -0.1) is 0 Å². The van der Waals surface area contributed by atoms with Crippen LogP contribution in [0.15, 0.2) is 34.3 Å². The third-order valence-corrected chi connectivity index (χ3v) is 3.84. The largest absolute Gasteiger partial charge is 0.475 e. The quantitative estimate of drug-likeness (QED) is 0.523. The Hall–Kier alpha value is -1.75. The fraction of sp³-hybridized carbons (Fsp3) is 0.267. The number of hydrogen-bond donors (Lipinski definition) is 1. The first-order chi connectivity index (χ1) is 9.49. The molecule has 0 aromatic heterocycles. The van der Waals surface area contributed by atoms with Gasteiger partial charge in [-0.1, -0.05) is 28.1 Å². The Balaban J connectivity index is 2.24. The van der Waals surface area contributed by atoms with E-state index in [-0.39, 0.29) is 5.78 Å². The van der Waals surface area contributed by atoms with E-state index in [1.165, 1.54) is 0 Å². The van der Waals surface area contributed by atoms with Gasteiger partial charge in [-0.05, 0) is 48.6 Å². The van der Waals surface area contributed by atoms with Crippen LogP contribution in [0.25, 0.3) is 6.08 Å². The molecule has 0 spiro atoms. The van der Waals surface area contributed by atoms with Gasteiger partial charge < -0.3 is 5.11 Å². The highest BCUT2D eigenvalue weighted by molar-refractivity contribution is 9.10. The van der Waals surface area contributed by atoms with Gasteiger partial charge in [0.15, 0.2) is 5.78 Å². The maximum Gasteiger partial charge on any atom is 0.372 e. The van der Waals surface area contributed by atoms with E-state index >= 15 is 0 Å². The van der Waals surface area contributed by atoms with Crippen LogP contribution in [-0.4, -0.2) is 22.6 Å². The van der Waals surface area contributed by atoms with Crippen LogP contribution in [0.5, 0.6) is 0 Å². The zero-order valence-corrected chi connectivity index (χ0v) is 12.2. The summed E-state index contributed by atoms with van der Waals surface area (Å²) in [5.74, 6) is -3.92. The molecule has 1 saturated carbocycles. The second-order valence-corrected chi connectivity index (χ2v) is 5.62. The third kappa shape index (κ3) is 3.22. The van der Waals surface area contributed by atoms with Gasteiger partial charge >= 0.3 is 5.97 Å². The first-order valence-corrected chi connectivity index (χ1v) is 7.06. The molecule has 1 aromatic carbocycles. The lowest BCUT2D eigenvalue weighted by atomic mass is 9.81. The van der Waals surface area contributed by atoms with Crippen LogP contribution in [0.3, 0.4) is 0 Å². The van der Waals surface area contributed by atoms with Crippen molar-refractivity contribution in [3.8, 4) is 0 Å². The Morgan fingerprint density at radius 3 is 2.50 bits per heavy atom. The molecule has 0 aliphatic heterocycles. The molecule has 4 nitrogen and oxygen atoms in total. The summed E-state index contributed by atoms with van der Waals surface area (Å²) in [5.41, 5.74) is 1.39. The smallest absolute Gasteiger partial charge is 0.372 e. The number of hydrogen-bond acceptors (Lipinski definition) is 3. The molecule has 0 radical (unpaired) electrons. The first-order valence-electron chi connectivity index (χ1n) is 6.26. The summed E-state index contributed by atoms with van der Waals surface area (Å²) in [6.45, 7) is 0. The minimum atomic E-state index is -1.53. The number of carbonyl (C=O) groups is 3. The summed E-state index contributed by atoms with van der Waals surface area (Å²) in [6, 6.07) is 7.43. The zero-order chi connectivity index (χ0) is 14.7. The fourth-order valence-corrected chi connectivity index (χ4v) is 2.54. The van der Waals surface area contributed by atoms with Gasteiger partial charge in [0.1, 0.15) is 0 Å². The number of carboxylic acid groups (broad SMARTS) is 1. The van der Waals surface area contributed by atoms with E-state index in [4.69, 9.17) is 5.11 Å². The van der Waals surface area contributed by atoms with E-state index in [0.717, 1.165) is 10.0 Å². The van der Waals surface area contributed by atoms with Gasteiger partial charge in [0.2, 0.25) is 0 Å². The second kappa shape index (κ2) is 6.13. The Bertz CT molecular complexity index is 586. The number of rotatable bonds is 3. The van der Waals surface area contributed by atoms with Crippen molar-refractivity contribution in [2.45, 2.75) is 19.3 Å². The van der Waals surface area contributed by atoms with Crippen molar-refractivity contribution in [1.82, 2.24) is 0 Å². The van der Waals surface area contributed by atoms with Crippen LogP contribution in [0.2, 0.25) is 0 Å². The van der Waals surface area contributed by atoms with Crippen LogP contribution in [-0.2, 0) is 14.4 Å². The summed E-state index contributed by atoms with van der Waals surface area (Å²) in [4.78, 5) is 34.4. The van der Waals surface area contributed by atoms with E-state index < -0.39 is 17.7 Å². The predicted molar refractivity (Wildman–Crippen MR) is 77.1 cm³/mol. The lowest BCUT2D eigenvalue weighted by Crippen LogP contribution is -2.33. The molecule has 1 fully saturated rings. The van der Waals surface area contributed by atoms with Crippen molar-refractivity contribution in [1.29, 1.82) is 0 Å². The van der Waals surface area contributed by atoms with Gasteiger partial charge in [0.25, 0.3) is 5.78 Å². The second-order valence-electron chi connectivity index (χ2n) is 4.70. The van der Waals surface area contributed by atoms with Crippen LogP contribution >= 0.6 is 15.9 Å². The standard InChI is InChI=1S/C15H13BrO4/c16-11-6-4-9(5-7-11)8-10-2-1-3-12(13(10)17)14(18)15(19)20/h4-8,12H,1-3H2,(H,19,20)/b10-8+. The molecule has 1 N–H and O–H groups in total. The molecule has 0 heterocycles. The van der Waals surface area contributed by atoms with Gasteiger partial charge in [-0.3, -0.25) is 9.59 Å². The lowest BCUT2D eigenvalue weighted by molar-refractivity contribution is -0.153. The molecule has 5 heteroatoms. The van der Waals surface area contributed by atoms with E-state index in [9.17, 15) is 14.4 Å². The van der Waals surface area contributed by atoms with Crippen LogP contribution in [0.1, 0.15) is 24.8 Å². The minimum Gasteiger partial charge on any atom is -0.475 e. The molecule has 1 unspecified atom stereocenters. The lowest BCUT2D eigenvalue weighted by Gasteiger charge is -2.20. The van der Waals surface area contributed by atoms with Gasteiger partial charge in [0, 0.05) is 4.47 Å². The maximum atomic E-state index is 12.2. The van der Waals surface area contributed by atoms with Crippen LogP contribution < -0.4 is 0 Å². The van der Waals surface area contributed by atoms with Crippen molar-refractivity contribution in [3.63, 3.8) is 0 Å². The van der Waals surface area contributed by atoms with Crippen molar-refractivity contribution in [2.24, 2.45) is 5.92 Å². The highest BCUT2D eigenvalue weighted by Crippen LogP contribution is 2.28. The average molecular weight is 337 g/mol. The number of aliphatic carboxylic acids is 1. The SMILES string of the molecule is O=C(O)C(=O)C1CCC/C(=C\c2ccc(Br)cc2)C1=O. The number of carbonyl (C=O) groups excluding carboxylic acids is 2. The van der Waals surface area contributed by atoms with Crippen molar-refractivity contribution in [2.75, 3.05) is 0 Å². The first kappa shape index (κ1) is 14.7. The number of halogens is 1. The molecule has 104 valence electrons. The van der Waals surface area contributed by atoms with E-state index in [2.05, 4.69) is 15.9 Å². The summed E-state index contributed by atoms with van der Waals surface area (Å²) in [6.07, 6.45) is 3.29. The topological polar surface area (TPSA) is 71.4 Å². The molecule has 20 heavy (non-hydrogen) atoms. The predicted octanol–water partition coefficient (Wildman–Crippen LogP) is 2.86. The number of benzene rings is 1. The summed E-state index contributed by atoms with van der Waals surface area (Å²) in [5, 5.41) is 8.73. The molecular weight excluding hydrogens is 324 g/mol. The number of ketones is 2. The Labute approximate surface area is 124 Å². The van der Waals surface area contributed by atoms with E-state index in [1.54, 1.807) is 6.08 Å². The highest BCUT2D eigenvalue weighted by atomic mass is 79.9. The van der Waals surface area contributed by atoms with E-state index in [1.807, 2.05) is 24.3 Å². The monoisotopic (exact) mass is 336 g/mol. The number of allylic oxidation sites excluding steroid dienone is 1. The molecule has 2 rings (SSSR count). The summed E-state index contributed by atoms with van der Waals surface area (Å²) >= 11 is 3.33. The van der Waals surface area contributed by atoms with Crippen molar-refractivity contribution in [3.05, 3.63) is 39.9 Å². The van der Waals surface area contributed by atoms with Gasteiger partial charge in [-0.2, -0.15) is 0 Å². The number of carboxylic acids is 1. The zero-order valence-electron chi connectivity index (χ0n) is 10.6. The number of Topliss-reactive ketones (excluding diaryl/α,β-unsaturated/α-hetero) is 2.